The molecule has 0 atom stereocenters. The Morgan fingerprint density at radius 3 is 2.44 bits per heavy atom. The molecular weight excluding hydrogens is 224 g/mol. The maximum absolute atomic E-state index is 13.1. The minimum Gasteiger partial charge on any atom is -0.295 e. The van der Waals surface area contributed by atoms with E-state index in [0.717, 1.165) is 18.2 Å². The van der Waals surface area contributed by atoms with Gasteiger partial charge in [0.15, 0.2) is 5.78 Å². The van der Waals surface area contributed by atoms with Crippen LogP contribution in [0.25, 0.3) is 6.08 Å². The molecule has 0 aliphatic heterocycles. The van der Waals surface area contributed by atoms with Gasteiger partial charge in [0, 0.05) is 5.56 Å². The van der Waals surface area contributed by atoms with Crippen LogP contribution >= 0.6 is 0 Å². The first-order chi connectivity index (χ1) is 7.30. The predicted molar refractivity (Wildman–Crippen MR) is 51.1 cm³/mol. The lowest BCUT2D eigenvalue weighted by atomic mass is 10.1. The number of hydrogen-bond donors (Lipinski definition) is 0. The summed E-state index contributed by atoms with van der Waals surface area (Å²) < 4.78 is 49.9. The fourth-order valence-corrected chi connectivity index (χ4v) is 1.05. The van der Waals surface area contributed by atoms with Crippen molar-refractivity contribution in [3.8, 4) is 0 Å². The average Bonchev–Trinajstić information content (AvgIpc) is 2.14. The average molecular weight is 232 g/mol. The molecule has 0 saturated carbocycles. The summed E-state index contributed by atoms with van der Waals surface area (Å²) in [5, 5.41) is 0. The van der Waals surface area contributed by atoms with E-state index in [-0.39, 0.29) is 11.3 Å². The lowest BCUT2D eigenvalue weighted by molar-refractivity contribution is -0.137. The highest BCUT2D eigenvalue weighted by Gasteiger charge is 2.30. The number of carbonyl (C=O) groups is 1. The topological polar surface area (TPSA) is 17.1 Å². The van der Waals surface area contributed by atoms with Crippen LogP contribution in [0.1, 0.15) is 18.1 Å². The van der Waals surface area contributed by atoms with Crippen molar-refractivity contribution in [1.82, 2.24) is 0 Å². The Bertz CT molecular complexity index is 432. The molecule has 0 saturated heterocycles. The third kappa shape index (κ3) is 3.18. The van der Waals surface area contributed by atoms with Gasteiger partial charge in [0.2, 0.25) is 0 Å². The monoisotopic (exact) mass is 232 g/mol. The first kappa shape index (κ1) is 12.4. The molecular formula is C11H8F4O. The largest absolute Gasteiger partial charge is 0.416 e. The van der Waals surface area contributed by atoms with Gasteiger partial charge in [0.05, 0.1) is 5.56 Å². The van der Waals surface area contributed by atoms with Crippen molar-refractivity contribution in [3.63, 3.8) is 0 Å². The lowest BCUT2D eigenvalue weighted by Gasteiger charge is -2.07. The summed E-state index contributed by atoms with van der Waals surface area (Å²) in [5.74, 6) is -1.16. The molecule has 1 aromatic rings. The van der Waals surface area contributed by atoms with E-state index in [4.69, 9.17) is 0 Å². The molecule has 0 N–H and O–H groups in total. The van der Waals surface area contributed by atoms with Gasteiger partial charge in [0.1, 0.15) is 5.82 Å². The highest BCUT2D eigenvalue weighted by Crippen LogP contribution is 2.30. The number of alkyl halides is 3. The molecule has 16 heavy (non-hydrogen) atoms. The first-order valence-corrected chi connectivity index (χ1v) is 4.36. The lowest BCUT2D eigenvalue weighted by Crippen LogP contribution is -2.05. The van der Waals surface area contributed by atoms with E-state index >= 15 is 0 Å². The summed E-state index contributed by atoms with van der Waals surface area (Å²) in [6.45, 7) is 1.22. The van der Waals surface area contributed by atoms with Gasteiger partial charge in [0.25, 0.3) is 0 Å². The smallest absolute Gasteiger partial charge is 0.295 e. The standard InChI is InChI=1S/C11H8F4O/c1-7(16)2-3-8-6-9(11(13,14)15)4-5-10(8)12/h2-6H,1H3/b3-2+. The van der Waals surface area contributed by atoms with Crippen LogP contribution in [0, 0.1) is 5.82 Å². The maximum Gasteiger partial charge on any atom is 0.416 e. The third-order valence-corrected chi connectivity index (χ3v) is 1.82. The van der Waals surface area contributed by atoms with Crippen molar-refractivity contribution < 1.29 is 22.4 Å². The molecule has 0 aliphatic carbocycles. The highest BCUT2D eigenvalue weighted by atomic mass is 19.4. The third-order valence-electron chi connectivity index (χ3n) is 1.82. The van der Waals surface area contributed by atoms with E-state index < -0.39 is 17.6 Å². The Morgan fingerprint density at radius 1 is 1.31 bits per heavy atom. The van der Waals surface area contributed by atoms with Crippen LogP contribution < -0.4 is 0 Å². The number of halogens is 4. The van der Waals surface area contributed by atoms with Gasteiger partial charge < -0.3 is 0 Å². The molecule has 0 radical (unpaired) electrons. The Kier molecular flexibility index (Phi) is 3.47. The second-order valence-corrected chi connectivity index (χ2v) is 3.18. The first-order valence-electron chi connectivity index (χ1n) is 4.36. The normalized spacial score (nSPS) is 12.1. The zero-order valence-electron chi connectivity index (χ0n) is 8.31. The number of carbonyl (C=O) groups excluding carboxylic acids is 1. The maximum atomic E-state index is 13.1. The molecule has 0 heterocycles. The van der Waals surface area contributed by atoms with Crippen molar-refractivity contribution >= 4 is 11.9 Å². The van der Waals surface area contributed by atoms with Gasteiger partial charge in [-0.1, -0.05) is 0 Å². The molecule has 5 heteroatoms. The fraction of sp³-hybridized carbons (Fsp3) is 0.182. The van der Waals surface area contributed by atoms with Gasteiger partial charge in [-0.15, -0.1) is 0 Å². The van der Waals surface area contributed by atoms with Crippen molar-refractivity contribution in [1.29, 1.82) is 0 Å². The Morgan fingerprint density at radius 2 is 1.94 bits per heavy atom. The zero-order valence-corrected chi connectivity index (χ0v) is 8.31. The molecule has 0 unspecified atom stereocenters. The Hall–Kier alpha value is -1.65. The van der Waals surface area contributed by atoms with Crippen molar-refractivity contribution in [2.45, 2.75) is 13.1 Å². The fourth-order valence-electron chi connectivity index (χ4n) is 1.05. The zero-order chi connectivity index (χ0) is 12.3. The second-order valence-electron chi connectivity index (χ2n) is 3.18. The van der Waals surface area contributed by atoms with Crippen LogP contribution in [0.5, 0.6) is 0 Å². The minimum absolute atomic E-state index is 0.259. The molecule has 0 amide bonds. The molecule has 0 fully saturated rings. The summed E-state index contributed by atoms with van der Waals surface area (Å²) in [7, 11) is 0. The summed E-state index contributed by atoms with van der Waals surface area (Å²) in [6.07, 6.45) is -2.49. The summed E-state index contributed by atoms with van der Waals surface area (Å²) in [4.78, 5) is 10.6. The van der Waals surface area contributed by atoms with Gasteiger partial charge in [-0.25, -0.2) is 4.39 Å². The van der Waals surface area contributed by atoms with E-state index in [1.165, 1.54) is 6.92 Å². The highest BCUT2D eigenvalue weighted by molar-refractivity contribution is 5.91. The second kappa shape index (κ2) is 4.47. The number of hydrogen-bond acceptors (Lipinski definition) is 1. The predicted octanol–water partition coefficient (Wildman–Crippen LogP) is 3.45. The molecule has 0 aromatic heterocycles. The van der Waals surface area contributed by atoms with Crippen molar-refractivity contribution in [2.75, 3.05) is 0 Å². The number of ketones is 1. The van der Waals surface area contributed by atoms with Crippen LogP contribution in [0.3, 0.4) is 0 Å². The van der Waals surface area contributed by atoms with E-state index in [1.807, 2.05) is 0 Å². The van der Waals surface area contributed by atoms with E-state index in [0.29, 0.717) is 12.1 Å². The Labute approximate surface area is 89.4 Å². The summed E-state index contributed by atoms with van der Waals surface area (Å²) in [6, 6.07) is 2.04. The number of benzene rings is 1. The van der Waals surface area contributed by atoms with Crippen LogP contribution in [-0.4, -0.2) is 5.78 Å². The van der Waals surface area contributed by atoms with Gasteiger partial charge >= 0.3 is 6.18 Å². The number of allylic oxidation sites excluding steroid dienone is 1. The summed E-state index contributed by atoms with van der Waals surface area (Å²) >= 11 is 0. The van der Waals surface area contributed by atoms with Gasteiger partial charge in [-0.3, -0.25) is 4.79 Å². The molecule has 86 valence electrons. The van der Waals surface area contributed by atoms with Crippen molar-refractivity contribution in [2.24, 2.45) is 0 Å². The van der Waals surface area contributed by atoms with E-state index in [1.54, 1.807) is 0 Å². The van der Waals surface area contributed by atoms with E-state index in [9.17, 15) is 22.4 Å². The molecule has 0 spiro atoms. The van der Waals surface area contributed by atoms with Crippen LogP contribution in [0.4, 0.5) is 17.6 Å². The SMILES string of the molecule is CC(=O)/C=C/c1cc(C(F)(F)F)ccc1F. The molecule has 0 aliphatic rings. The summed E-state index contributed by atoms with van der Waals surface area (Å²) in [5.41, 5.74) is -1.21. The molecule has 1 aromatic carbocycles. The van der Waals surface area contributed by atoms with Crippen LogP contribution in [0.2, 0.25) is 0 Å². The molecule has 1 rings (SSSR count). The molecule has 0 bridgehead atoms. The molecule has 1 nitrogen and oxygen atoms in total. The quantitative estimate of drug-likeness (QED) is 0.563. The van der Waals surface area contributed by atoms with Gasteiger partial charge in [-0.2, -0.15) is 13.2 Å². The van der Waals surface area contributed by atoms with E-state index in [2.05, 4.69) is 0 Å². The van der Waals surface area contributed by atoms with Gasteiger partial charge in [-0.05, 0) is 37.3 Å². The van der Waals surface area contributed by atoms with Crippen LogP contribution in [-0.2, 0) is 11.0 Å². The Balaban J connectivity index is 3.14. The number of rotatable bonds is 2. The minimum atomic E-state index is -4.52. The van der Waals surface area contributed by atoms with Crippen LogP contribution in [0.15, 0.2) is 24.3 Å². The van der Waals surface area contributed by atoms with Crippen molar-refractivity contribution in [3.05, 3.63) is 41.2 Å².